The summed E-state index contributed by atoms with van der Waals surface area (Å²) in [6.07, 6.45) is 4.92. The molecule has 2 N–H and O–H groups in total. The molecule has 2 atom stereocenters. The third kappa shape index (κ3) is 1.89. The second kappa shape index (κ2) is 3.89. The molecular weight excluding hydrogens is 168 g/mol. The Kier molecular flexibility index (Phi) is 2.61. The maximum atomic E-state index is 9.86. The number of hydrogen-bond acceptors (Lipinski definition) is 3. The number of hydrogen-bond donors (Lipinski definition) is 2. The number of aliphatic hydroxyl groups is 1. The van der Waals surface area contributed by atoms with E-state index in [0.717, 1.165) is 19.4 Å². The van der Waals surface area contributed by atoms with Gasteiger partial charge in [-0.3, -0.25) is 0 Å². The van der Waals surface area contributed by atoms with Crippen molar-refractivity contribution in [3.05, 3.63) is 18.2 Å². The lowest BCUT2D eigenvalue weighted by Crippen LogP contribution is -2.24. The van der Waals surface area contributed by atoms with E-state index in [1.165, 1.54) is 0 Å². The summed E-state index contributed by atoms with van der Waals surface area (Å²) in [4.78, 5) is 6.95. The lowest BCUT2D eigenvalue weighted by molar-refractivity contribution is -0.0130. The first-order chi connectivity index (χ1) is 6.38. The van der Waals surface area contributed by atoms with Gasteiger partial charge >= 0.3 is 0 Å². The third-order valence-corrected chi connectivity index (χ3v) is 2.44. The van der Waals surface area contributed by atoms with E-state index in [9.17, 15) is 5.11 Å². The van der Waals surface area contributed by atoms with Gasteiger partial charge in [0.05, 0.1) is 6.61 Å². The molecule has 0 spiro atoms. The zero-order valence-corrected chi connectivity index (χ0v) is 7.44. The van der Waals surface area contributed by atoms with Gasteiger partial charge in [0.1, 0.15) is 11.9 Å². The Morgan fingerprint density at radius 2 is 2.62 bits per heavy atom. The molecule has 1 aromatic heterocycles. The molecule has 1 aliphatic heterocycles. The molecule has 2 unspecified atom stereocenters. The van der Waals surface area contributed by atoms with Gasteiger partial charge in [0.25, 0.3) is 0 Å². The largest absolute Gasteiger partial charge is 0.385 e. The lowest BCUT2D eigenvalue weighted by Gasteiger charge is -2.25. The first kappa shape index (κ1) is 8.72. The van der Waals surface area contributed by atoms with Crippen molar-refractivity contribution >= 4 is 0 Å². The molecule has 72 valence electrons. The average molecular weight is 182 g/mol. The molecule has 13 heavy (non-hydrogen) atoms. The second-order valence-electron chi connectivity index (χ2n) is 3.40. The smallest absolute Gasteiger partial charge is 0.135 e. The summed E-state index contributed by atoms with van der Waals surface area (Å²) in [5.41, 5.74) is 0. The quantitative estimate of drug-likeness (QED) is 0.713. The van der Waals surface area contributed by atoms with E-state index in [-0.39, 0.29) is 5.92 Å². The van der Waals surface area contributed by atoms with Crippen LogP contribution in [0.15, 0.2) is 12.4 Å². The molecule has 1 aliphatic rings. The summed E-state index contributed by atoms with van der Waals surface area (Å²) >= 11 is 0. The molecule has 1 fully saturated rings. The normalized spacial score (nSPS) is 25.8. The highest BCUT2D eigenvalue weighted by Crippen LogP contribution is 2.26. The molecule has 2 heterocycles. The fourth-order valence-electron chi connectivity index (χ4n) is 1.68. The molecule has 0 amide bonds. The number of H-pyrrole nitrogens is 1. The van der Waals surface area contributed by atoms with E-state index in [1.807, 2.05) is 0 Å². The Morgan fingerprint density at radius 1 is 1.69 bits per heavy atom. The van der Waals surface area contributed by atoms with Crippen LogP contribution >= 0.6 is 0 Å². The molecule has 0 aromatic carbocycles. The first-order valence-corrected chi connectivity index (χ1v) is 4.63. The number of aromatic amines is 1. The van der Waals surface area contributed by atoms with Crippen LogP contribution in [0.25, 0.3) is 0 Å². The van der Waals surface area contributed by atoms with Gasteiger partial charge in [-0.05, 0) is 12.8 Å². The predicted octanol–water partition coefficient (Wildman–Crippen LogP) is 0.870. The van der Waals surface area contributed by atoms with Crippen molar-refractivity contribution < 1.29 is 9.84 Å². The van der Waals surface area contributed by atoms with E-state index < -0.39 is 6.10 Å². The predicted molar refractivity (Wildman–Crippen MR) is 47.1 cm³/mol. The highest BCUT2D eigenvalue weighted by molar-refractivity contribution is 4.94. The molecule has 0 bridgehead atoms. The van der Waals surface area contributed by atoms with Crippen LogP contribution in [0, 0.1) is 5.92 Å². The van der Waals surface area contributed by atoms with E-state index in [2.05, 4.69) is 9.97 Å². The van der Waals surface area contributed by atoms with Gasteiger partial charge in [-0.2, -0.15) is 0 Å². The Morgan fingerprint density at radius 3 is 3.23 bits per heavy atom. The van der Waals surface area contributed by atoms with E-state index in [1.54, 1.807) is 12.4 Å². The van der Waals surface area contributed by atoms with Gasteiger partial charge in [-0.15, -0.1) is 0 Å². The van der Waals surface area contributed by atoms with Crippen LogP contribution < -0.4 is 0 Å². The minimum absolute atomic E-state index is 0.194. The Balaban J connectivity index is 1.99. The SMILES string of the molecule is OC(c1ncc[nH]1)C1CCCOC1. The minimum atomic E-state index is -0.504. The summed E-state index contributed by atoms with van der Waals surface area (Å²) in [5.74, 6) is 0.843. The monoisotopic (exact) mass is 182 g/mol. The zero-order chi connectivity index (χ0) is 9.10. The van der Waals surface area contributed by atoms with E-state index in [4.69, 9.17) is 4.74 Å². The van der Waals surface area contributed by atoms with Gasteiger partial charge in [0, 0.05) is 24.9 Å². The van der Waals surface area contributed by atoms with Crippen molar-refractivity contribution in [1.82, 2.24) is 9.97 Å². The standard InChI is InChI=1S/C9H14N2O2/c12-8(9-10-3-4-11-9)7-2-1-5-13-6-7/h3-4,7-8,12H,1-2,5-6H2,(H,10,11). The topological polar surface area (TPSA) is 58.1 Å². The van der Waals surface area contributed by atoms with Gasteiger partial charge in [-0.1, -0.05) is 0 Å². The van der Waals surface area contributed by atoms with Crippen LogP contribution in [0.5, 0.6) is 0 Å². The number of ether oxygens (including phenoxy) is 1. The number of nitrogens with zero attached hydrogens (tertiary/aromatic N) is 1. The van der Waals surface area contributed by atoms with E-state index in [0.29, 0.717) is 12.4 Å². The van der Waals surface area contributed by atoms with Gasteiger partial charge in [0.15, 0.2) is 0 Å². The molecule has 0 aliphatic carbocycles. The Bertz CT molecular complexity index is 242. The molecule has 1 saturated heterocycles. The molecule has 4 nitrogen and oxygen atoms in total. The van der Waals surface area contributed by atoms with Crippen molar-refractivity contribution in [2.75, 3.05) is 13.2 Å². The fraction of sp³-hybridized carbons (Fsp3) is 0.667. The van der Waals surface area contributed by atoms with Crippen LogP contribution in [0.2, 0.25) is 0 Å². The summed E-state index contributed by atoms with van der Waals surface area (Å²) in [6.45, 7) is 1.46. The Hall–Kier alpha value is -0.870. The fourth-order valence-corrected chi connectivity index (χ4v) is 1.68. The van der Waals surface area contributed by atoms with Crippen molar-refractivity contribution in [2.24, 2.45) is 5.92 Å². The van der Waals surface area contributed by atoms with Crippen LogP contribution in [-0.2, 0) is 4.74 Å². The minimum Gasteiger partial charge on any atom is -0.385 e. The Labute approximate surface area is 77.0 Å². The maximum Gasteiger partial charge on any atom is 0.135 e. The van der Waals surface area contributed by atoms with Crippen molar-refractivity contribution in [3.63, 3.8) is 0 Å². The number of aliphatic hydroxyl groups excluding tert-OH is 1. The molecule has 0 saturated carbocycles. The van der Waals surface area contributed by atoms with Gasteiger partial charge < -0.3 is 14.8 Å². The van der Waals surface area contributed by atoms with Crippen LogP contribution in [0.3, 0.4) is 0 Å². The summed E-state index contributed by atoms with van der Waals surface area (Å²) in [7, 11) is 0. The van der Waals surface area contributed by atoms with Gasteiger partial charge in [-0.25, -0.2) is 4.98 Å². The van der Waals surface area contributed by atoms with Crippen LogP contribution in [0.1, 0.15) is 24.8 Å². The van der Waals surface area contributed by atoms with Crippen LogP contribution in [0.4, 0.5) is 0 Å². The van der Waals surface area contributed by atoms with Gasteiger partial charge in [0.2, 0.25) is 0 Å². The molecular formula is C9H14N2O2. The van der Waals surface area contributed by atoms with Crippen molar-refractivity contribution in [1.29, 1.82) is 0 Å². The maximum absolute atomic E-state index is 9.86. The highest BCUT2D eigenvalue weighted by atomic mass is 16.5. The summed E-state index contributed by atoms with van der Waals surface area (Å²) in [6, 6.07) is 0. The molecule has 4 heteroatoms. The number of imidazole rings is 1. The molecule has 1 aromatic rings. The summed E-state index contributed by atoms with van der Waals surface area (Å²) in [5, 5.41) is 9.86. The first-order valence-electron chi connectivity index (χ1n) is 4.63. The van der Waals surface area contributed by atoms with Crippen molar-refractivity contribution in [2.45, 2.75) is 18.9 Å². The van der Waals surface area contributed by atoms with E-state index >= 15 is 0 Å². The second-order valence-corrected chi connectivity index (χ2v) is 3.40. The lowest BCUT2D eigenvalue weighted by atomic mass is 9.95. The average Bonchev–Trinajstić information content (AvgIpc) is 2.71. The summed E-state index contributed by atoms with van der Waals surface area (Å²) < 4.78 is 5.30. The number of rotatable bonds is 2. The number of nitrogens with one attached hydrogen (secondary N) is 1. The molecule has 2 rings (SSSR count). The zero-order valence-electron chi connectivity index (χ0n) is 7.44. The van der Waals surface area contributed by atoms with Crippen LogP contribution in [-0.4, -0.2) is 28.3 Å². The molecule has 0 radical (unpaired) electrons. The highest BCUT2D eigenvalue weighted by Gasteiger charge is 2.24. The van der Waals surface area contributed by atoms with Crippen molar-refractivity contribution in [3.8, 4) is 0 Å². The number of aromatic nitrogens is 2. The third-order valence-electron chi connectivity index (χ3n) is 2.44.